The van der Waals surface area contributed by atoms with Crippen LogP contribution in [0.25, 0.3) is 0 Å². The van der Waals surface area contributed by atoms with Crippen LogP contribution in [-0.2, 0) is 0 Å². The van der Waals surface area contributed by atoms with Crippen molar-refractivity contribution in [3.63, 3.8) is 0 Å². The van der Waals surface area contributed by atoms with Crippen LogP contribution in [0.3, 0.4) is 0 Å². The molecule has 0 aliphatic rings. The minimum absolute atomic E-state index is 0.138. The largest absolute Gasteiger partial charge is 0.472 e. The van der Waals surface area contributed by atoms with E-state index in [1.54, 1.807) is 18.6 Å². The van der Waals surface area contributed by atoms with Crippen molar-refractivity contribution in [3.8, 4) is 0 Å². The molecule has 0 atom stereocenters. The van der Waals surface area contributed by atoms with Crippen molar-refractivity contribution >= 4 is 5.84 Å². The molecule has 0 amide bonds. The van der Waals surface area contributed by atoms with Crippen molar-refractivity contribution in [2.24, 2.45) is 10.7 Å². The second-order valence-electron chi connectivity index (χ2n) is 3.68. The van der Waals surface area contributed by atoms with Crippen molar-refractivity contribution in [2.45, 2.75) is 26.3 Å². The smallest absolute Gasteiger partial charge is 0.129 e. The van der Waals surface area contributed by atoms with Gasteiger partial charge in [-0.05, 0) is 26.8 Å². The molecule has 0 bridgehead atoms. The van der Waals surface area contributed by atoms with Gasteiger partial charge in [0.25, 0.3) is 0 Å². The summed E-state index contributed by atoms with van der Waals surface area (Å²) in [5.74, 6) is 0.524. The van der Waals surface area contributed by atoms with Crippen LogP contribution >= 0.6 is 0 Å². The van der Waals surface area contributed by atoms with Gasteiger partial charge in [0, 0.05) is 0 Å². The van der Waals surface area contributed by atoms with E-state index in [4.69, 9.17) is 10.2 Å². The van der Waals surface area contributed by atoms with E-state index in [9.17, 15) is 0 Å². The Hall–Kier alpha value is -1.25. The fourth-order valence-corrected chi connectivity index (χ4v) is 0.836. The predicted octanol–water partition coefficient (Wildman–Crippen LogP) is 1.78. The summed E-state index contributed by atoms with van der Waals surface area (Å²) in [6, 6.07) is 1.80. The van der Waals surface area contributed by atoms with Gasteiger partial charge in [-0.15, -0.1) is 0 Å². The number of amidine groups is 1. The van der Waals surface area contributed by atoms with E-state index >= 15 is 0 Å². The van der Waals surface area contributed by atoms with Crippen LogP contribution in [0.5, 0.6) is 0 Å². The maximum absolute atomic E-state index is 5.72. The van der Waals surface area contributed by atoms with Gasteiger partial charge < -0.3 is 10.2 Å². The lowest BCUT2D eigenvalue weighted by molar-refractivity contribution is 0.565. The molecule has 0 fully saturated rings. The molecule has 0 saturated carbocycles. The Morgan fingerprint density at radius 3 is 2.58 bits per heavy atom. The van der Waals surface area contributed by atoms with Gasteiger partial charge in [0.15, 0.2) is 0 Å². The van der Waals surface area contributed by atoms with Crippen LogP contribution in [-0.4, -0.2) is 11.4 Å². The monoisotopic (exact) mass is 166 g/mol. The van der Waals surface area contributed by atoms with Gasteiger partial charge >= 0.3 is 0 Å². The van der Waals surface area contributed by atoms with Crippen LogP contribution in [0.15, 0.2) is 28.0 Å². The maximum atomic E-state index is 5.72. The molecule has 0 saturated heterocycles. The SMILES string of the molecule is CC(C)(C)N=C(N)c1ccoc1. The zero-order chi connectivity index (χ0) is 9.19. The molecule has 3 nitrogen and oxygen atoms in total. The standard InChI is InChI=1S/C9H14N2O/c1-9(2,3)11-8(10)7-4-5-12-6-7/h4-6H,1-3H3,(H2,10,11). The van der Waals surface area contributed by atoms with Gasteiger partial charge in [0.1, 0.15) is 12.1 Å². The minimum Gasteiger partial charge on any atom is -0.472 e. The van der Waals surface area contributed by atoms with E-state index in [1.807, 2.05) is 20.8 Å². The summed E-state index contributed by atoms with van der Waals surface area (Å²) in [4.78, 5) is 4.29. The van der Waals surface area contributed by atoms with E-state index in [-0.39, 0.29) is 5.54 Å². The van der Waals surface area contributed by atoms with Crippen LogP contribution in [0.1, 0.15) is 26.3 Å². The van der Waals surface area contributed by atoms with E-state index < -0.39 is 0 Å². The molecule has 66 valence electrons. The summed E-state index contributed by atoms with van der Waals surface area (Å²) in [6.07, 6.45) is 3.17. The Balaban J connectivity index is 2.85. The van der Waals surface area contributed by atoms with Crippen LogP contribution in [0.2, 0.25) is 0 Å². The third-order valence-corrected chi connectivity index (χ3v) is 1.27. The van der Waals surface area contributed by atoms with Gasteiger partial charge in [-0.2, -0.15) is 0 Å². The van der Waals surface area contributed by atoms with E-state index in [0.29, 0.717) is 5.84 Å². The summed E-state index contributed by atoms with van der Waals surface area (Å²) < 4.78 is 4.89. The van der Waals surface area contributed by atoms with Gasteiger partial charge in [-0.1, -0.05) is 0 Å². The molecule has 0 radical (unpaired) electrons. The van der Waals surface area contributed by atoms with Gasteiger partial charge in [-0.25, -0.2) is 0 Å². The zero-order valence-corrected chi connectivity index (χ0v) is 7.66. The molecule has 0 unspecified atom stereocenters. The topological polar surface area (TPSA) is 51.5 Å². The number of nitrogens with zero attached hydrogens (tertiary/aromatic N) is 1. The van der Waals surface area contributed by atoms with Crippen molar-refractivity contribution in [3.05, 3.63) is 24.2 Å². The second-order valence-corrected chi connectivity index (χ2v) is 3.68. The highest BCUT2D eigenvalue weighted by Gasteiger charge is 2.09. The average molecular weight is 166 g/mol. The normalized spacial score (nSPS) is 13.4. The van der Waals surface area contributed by atoms with Gasteiger partial charge in [-0.3, -0.25) is 4.99 Å². The molecule has 1 heterocycles. The van der Waals surface area contributed by atoms with Crippen molar-refractivity contribution < 1.29 is 4.42 Å². The maximum Gasteiger partial charge on any atom is 0.129 e. The van der Waals surface area contributed by atoms with Gasteiger partial charge in [0.05, 0.1) is 17.4 Å². The predicted molar refractivity (Wildman–Crippen MR) is 49.2 cm³/mol. The van der Waals surface area contributed by atoms with Gasteiger partial charge in [0.2, 0.25) is 0 Å². The molecule has 0 aliphatic heterocycles. The molecular formula is C9H14N2O. The number of rotatable bonds is 1. The Kier molecular flexibility index (Phi) is 2.22. The second kappa shape index (κ2) is 3.01. The van der Waals surface area contributed by atoms with Crippen LogP contribution in [0.4, 0.5) is 0 Å². The van der Waals surface area contributed by atoms with E-state index in [2.05, 4.69) is 4.99 Å². The molecule has 3 heteroatoms. The minimum atomic E-state index is -0.138. The lowest BCUT2D eigenvalue weighted by Gasteiger charge is -2.12. The summed E-state index contributed by atoms with van der Waals surface area (Å²) in [5, 5.41) is 0. The van der Waals surface area contributed by atoms with E-state index in [1.165, 1.54) is 0 Å². The summed E-state index contributed by atoms with van der Waals surface area (Å²) >= 11 is 0. The summed E-state index contributed by atoms with van der Waals surface area (Å²) in [5.41, 5.74) is 6.42. The molecule has 1 aromatic rings. The first-order valence-corrected chi connectivity index (χ1v) is 3.87. The summed E-state index contributed by atoms with van der Waals surface area (Å²) in [6.45, 7) is 6.00. The first-order chi connectivity index (χ1) is 5.49. The Labute approximate surface area is 72.3 Å². The Morgan fingerprint density at radius 1 is 1.50 bits per heavy atom. The molecule has 12 heavy (non-hydrogen) atoms. The number of furan rings is 1. The molecule has 0 aromatic carbocycles. The molecule has 1 rings (SSSR count). The fraction of sp³-hybridized carbons (Fsp3) is 0.444. The highest BCUT2D eigenvalue weighted by atomic mass is 16.3. The van der Waals surface area contributed by atoms with Crippen molar-refractivity contribution in [1.29, 1.82) is 0 Å². The first-order valence-electron chi connectivity index (χ1n) is 3.87. The average Bonchev–Trinajstić information content (AvgIpc) is 2.32. The Bertz CT molecular complexity index is 267. The quantitative estimate of drug-likeness (QED) is 0.510. The number of nitrogens with two attached hydrogens (primary N) is 1. The number of hydrogen-bond donors (Lipinski definition) is 1. The Morgan fingerprint density at radius 2 is 2.17 bits per heavy atom. The van der Waals surface area contributed by atoms with E-state index in [0.717, 1.165) is 5.56 Å². The van der Waals surface area contributed by atoms with Crippen molar-refractivity contribution in [2.75, 3.05) is 0 Å². The molecule has 0 spiro atoms. The third kappa shape index (κ3) is 2.42. The first kappa shape index (κ1) is 8.84. The third-order valence-electron chi connectivity index (χ3n) is 1.27. The number of hydrogen-bond acceptors (Lipinski definition) is 2. The molecule has 1 aromatic heterocycles. The number of aliphatic imine (C=N–C) groups is 1. The van der Waals surface area contributed by atoms with Crippen molar-refractivity contribution in [1.82, 2.24) is 0 Å². The highest BCUT2D eigenvalue weighted by Crippen LogP contribution is 2.08. The van der Waals surface area contributed by atoms with Crippen LogP contribution in [0, 0.1) is 0 Å². The fourth-order valence-electron chi connectivity index (χ4n) is 0.836. The molecule has 0 aliphatic carbocycles. The summed E-state index contributed by atoms with van der Waals surface area (Å²) in [7, 11) is 0. The van der Waals surface area contributed by atoms with Crippen LogP contribution < -0.4 is 5.73 Å². The highest BCUT2D eigenvalue weighted by molar-refractivity contribution is 5.97. The molecular weight excluding hydrogens is 152 g/mol. The lowest BCUT2D eigenvalue weighted by Crippen LogP contribution is -2.20. The lowest BCUT2D eigenvalue weighted by atomic mass is 10.1. The zero-order valence-electron chi connectivity index (χ0n) is 7.66. The molecule has 2 N–H and O–H groups in total.